The number of hydrogen-bond acceptors (Lipinski definition) is 2. The first-order valence-corrected chi connectivity index (χ1v) is 6.81. The minimum Gasteiger partial charge on any atom is -0.294 e. The zero-order valence-corrected chi connectivity index (χ0v) is 10.1. The average molecular weight is 224 g/mol. The molecule has 2 rings (SSSR count). The molecule has 0 aliphatic heterocycles. The maximum atomic E-state index is 12.2. The monoisotopic (exact) mass is 224 g/mol. The number of amides is 1. The quantitative estimate of drug-likeness (QED) is 0.430. The first-order valence-electron chi connectivity index (χ1n) is 6.81. The molecule has 1 amide bonds. The fourth-order valence-electron chi connectivity index (χ4n) is 3.80. The van der Waals surface area contributed by atoms with E-state index in [2.05, 4.69) is 5.43 Å². The van der Waals surface area contributed by atoms with Gasteiger partial charge in [-0.15, -0.1) is 0 Å². The second-order valence-electron chi connectivity index (χ2n) is 5.53. The lowest BCUT2D eigenvalue weighted by Gasteiger charge is -2.43. The van der Waals surface area contributed by atoms with Crippen LogP contribution in [0.25, 0.3) is 0 Å². The Morgan fingerprint density at radius 2 is 1.56 bits per heavy atom. The lowest BCUT2D eigenvalue weighted by Crippen LogP contribution is -2.50. The van der Waals surface area contributed by atoms with Crippen LogP contribution in [0.5, 0.6) is 0 Å². The van der Waals surface area contributed by atoms with Gasteiger partial charge < -0.3 is 0 Å². The van der Waals surface area contributed by atoms with Crippen molar-refractivity contribution in [3.63, 3.8) is 0 Å². The van der Waals surface area contributed by atoms with Crippen LogP contribution in [0.1, 0.15) is 64.2 Å². The van der Waals surface area contributed by atoms with Gasteiger partial charge in [-0.25, -0.2) is 5.84 Å². The summed E-state index contributed by atoms with van der Waals surface area (Å²) in [5, 5.41) is 0. The van der Waals surface area contributed by atoms with E-state index in [0.717, 1.165) is 12.8 Å². The smallest absolute Gasteiger partial charge is 0.240 e. The molecule has 3 nitrogen and oxygen atoms in total. The Labute approximate surface area is 98.1 Å². The van der Waals surface area contributed by atoms with Crippen LogP contribution in [0.15, 0.2) is 0 Å². The Hall–Kier alpha value is -0.570. The molecule has 92 valence electrons. The third-order valence-electron chi connectivity index (χ3n) is 4.72. The third kappa shape index (κ3) is 2.10. The maximum Gasteiger partial charge on any atom is 0.240 e. The van der Waals surface area contributed by atoms with Crippen LogP contribution in [-0.2, 0) is 4.79 Å². The maximum absolute atomic E-state index is 12.2. The van der Waals surface area contributed by atoms with Crippen LogP contribution in [0, 0.1) is 11.3 Å². The molecular weight excluding hydrogens is 200 g/mol. The van der Waals surface area contributed by atoms with Gasteiger partial charge in [-0.3, -0.25) is 10.2 Å². The summed E-state index contributed by atoms with van der Waals surface area (Å²) in [7, 11) is 0. The molecule has 0 atom stereocenters. The predicted molar refractivity (Wildman–Crippen MR) is 64.4 cm³/mol. The topological polar surface area (TPSA) is 55.1 Å². The Kier molecular flexibility index (Phi) is 3.85. The molecule has 2 fully saturated rings. The van der Waals surface area contributed by atoms with E-state index in [1.807, 2.05) is 0 Å². The molecule has 2 aliphatic carbocycles. The number of rotatable bonds is 2. The van der Waals surface area contributed by atoms with Crippen LogP contribution in [-0.4, -0.2) is 5.91 Å². The van der Waals surface area contributed by atoms with E-state index in [1.165, 1.54) is 51.4 Å². The highest BCUT2D eigenvalue weighted by molar-refractivity contribution is 5.82. The number of carbonyl (C=O) groups is 1. The van der Waals surface area contributed by atoms with Crippen molar-refractivity contribution in [1.82, 2.24) is 5.43 Å². The van der Waals surface area contributed by atoms with E-state index in [9.17, 15) is 4.79 Å². The molecule has 0 unspecified atom stereocenters. The summed E-state index contributed by atoms with van der Waals surface area (Å²) in [6, 6.07) is 0. The first-order chi connectivity index (χ1) is 7.79. The van der Waals surface area contributed by atoms with Crippen molar-refractivity contribution in [2.75, 3.05) is 0 Å². The van der Waals surface area contributed by atoms with E-state index in [1.54, 1.807) is 0 Å². The zero-order valence-electron chi connectivity index (χ0n) is 10.1. The molecule has 2 saturated carbocycles. The summed E-state index contributed by atoms with van der Waals surface area (Å²) in [6.07, 6.45) is 12.2. The predicted octanol–water partition coefficient (Wildman–Crippen LogP) is 2.51. The Bertz CT molecular complexity index is 240. The highest BCUT2D eigenvalue weighted by Gasteiger charge is 2.45. The van der Waals surface area contributed by atoms with Gasteiger partial charge in [-0.1, -0.05) is 38.5 Å². The highest BCUT2D eigenvalue weighted by atomic mass is 16.2. The minimum atomic E-state index is -0.118. The van der Waals surface area contributed by atoms with Crippen LogP contribution >= 0.6 is 0 Å². The number of nitrogens with one attached hydrogen (secondary N) is 1. The van der Waals surface area contributed by atoms with Crippen molar-refractivity contribution >= 4 is 5.91 Å². The van der Waals surface area contributed by atoms with Crippen LogP contribution in [0.2, 0.25) is 0 Å². The standard InChI is InChI=1S/C13H24N2O/c14-15-12(16)13(9-5-2-6-10-13)11-7-3-1-4-8-11/h11H,1-10,14H2,(H,15,16). The van der Waals surface area contributed by atoms with Crippen molar-refractivity contribution in [2.24, 2.45) is 17.2 Å². The number of hydrazine groups is 1. The molecule has 0 spiro atoms. The van der Waals surface area contributed by atoms with E-state index < -0.39 is 0 Å². The van der Waals surface area contributed by atoms with Crippen LogP contribution in [0.3, 0.4) is 0 Å². The van der Waals surface area contributed by atoms with Gasteiger partial charge in [-0.2, -0.15) is 0 Å². The van der Waals surface area contributed by atoms with E-state index in [0.29, 0.717) is 5.92 Å². The third-order valence-corrected chi connectivity index (χ3v) is 4.72. The molecule has 0 saturated heterocycles. The minimum absolute atomic E-state index is 0.110. The van der Waals surface area contributed by atoms with Gasteiger partial charge in [-0.05, 0) is 31.6 Å². The summed E-state index contributed by atoms with van der Waals surface area (Å²) in [5.41, 5.74) is 2.32. The fraction of sp³-hybridized carbons (Fsp3) is 0.923. The lowest BCUT2D eigenvalue weighted by atomic mass is 9.61. The summed E-state index contributed by atoms with van der Waals surface area (Å²) in [5.74, 6) is 6.09. The highest BCUT2D eigenvalue weighted by Crippen LogP contribution is 2.48. The summed E-state index contributed by atoms with van der Waals surface area (Å²) < 4.78 is 0. The van der Waals surface area contributed by atoms with Gasteiger partial charge in [0.15, 0.2) is 0 Å². The molecule has 0 aromatic heterocycles. The van der Waals surface area contributed by atoms with E-state index in [4.69, 9.17) is 5.84 Å². The molecule has 3 N–H and O–H groups in total. The molecule has 0 aromatic carbocycles. The zero-order chi connectivity index (χ0) is 11.4. The van der Waals surface area contributed by atoms with Gasteiger partial charge in [0.2, 0.25) is 5.91 Å². The second kappa shape index (κ2) is 5.17. The van der Waals surface area contributed by atoms with Gasteiger partial charge in [0, 0.05) is 0 Å². The molecule has 0 bridgehead atoms. The molecular formula is C13H24N2O. The molecule has 0 aromatic rings. The normalized spacial score (nSPS) is 26.3. The average Bonchev–Trinajstić information content (AvgIpc) is 2.39. The van der Waals surface area contributed by atoms with Crippen molar-refractivity contribution in [3.8, 4) is 0 Å². The number of hydrogen-bond donors (Lipinski definition) is 2. The molecule has 0 heterocycles. The van der Waals surface area contributed by atoms with Crippen LogP contribution < -0.4 is 11.3 Å². The Morgan fingerprint density at radius 1 is 1.00 bits per heavy atom. The molecule has 2 aliphatic rings. The number of nitrogens with two attached hydrogens (primary N) is 1. The van der Waals surface area contributed by atoms with Crippen molar-refractivity contribution in [1.29, 1.82) is 0 Å². The molecule has 16 heavy (non-hydrogen) atoms. The summed E-state index contributed by atoms with van der Waals surface area (Å²) in [6.45, 7) is 0. The van der Waals surface area contributed by atoms with E-state index >= 15 is 0 Å². The Morgan fingerprint density at radius 3 is 2.12 bits per heavy atom. The molecule has 3 heteroatoms. The first kappa shape index (κ1) is 11.9. The second-order valence-corrected chi connectivity index (χ2v) is 5.53. The van der Waals surface area contributed by atoms with Gasteiger partial charge in [0.25, 0.3) is 0 Å². The van der Waals surface area contributed by atoms with Crippen LogP contribution in [0.4, 0.5) is 0 Å². The van der Waals surface area contributed by atoms with Crippen molar-refractivity contribution in [3.05, 3.63) is 0 Å². The lowest BCUT2D eigenvalue weighted by molar-refractivity contribution is -0.138. The largest absolute Gasteiger partial charge is 0.294 e. The van der Waals surface area contributed by atoms with Gasteiger partial charge in [0.05, 0.1) is 5.41 Å². The summed E-state index contributed by atoms with van der Waals surface area (Å²) in [4.78, 5) is 12.2. The Balaban J connectivity index is 2.14. The van der Waals surface area contributed by atoms with E-state index in [-0.39, 0.29) is 11.3 Å². The molecule has 0 radical (unpaired) electrons. The van der Waals surface area contributed by atoms with Crippen molar-refractivity contribution < 1.29 is 4.79 Å². The van der Waals surface area contributed by atoms with Gasteiger partial charge in [0.1, 0.15) is 0 Å². The summed E-state index contributed by atoms with van der Waals surface area (Å²) >= 11 is 0. The van der Waals surface area contributed by atoms with Crippen molar-refractivity contribution in [2.45, 2.75) is 64.2 Å². The fourth-order valence-corrected chi connectivity index (χ4v) is 3.80. The van der Waals surface area contributed by atoms with Gasteiger partial charge >= 0.3 is 0 Å². The number of carbonyl (C=O) groups excluding carboxylic acids is 1. The SMILES string of the molecule is NNC(=O)C1(C2CCCCC2)CCCCC1.